The van der Waals surface area contributed by atoms with E-state index in [-0.39, 0.29) is 6.61 Å². The number of hydrogen-bond donors (Lipinski definition) is 1. The molecule has 0 amide bonds. The Morgan fingerprint density at radius 1 is 0.800 bits per heavy atom. The van der Waals surface area contributed by atoms with E-state index in [1.54, 1.807) is 7.11 Å². The fraction of sp³-hybridized carbons (Fsp3) is 0.720. The van der Waals surface area contributed by atoms with E-state index in [0.29, 0.717) is 24.7 Å². The molecule has 0 aliphatic heterocycles. The first-order valence-corrected chi connectivity index (χ1v) is 11.9. The van der Waals surface area contributed by atoms with Crippen LogP contribution < -0.4 is 9.47 Å². The smallest absolute Gasteiger partial charge is 0.132 e. The second kappa shape index (κ2) is 18.1. The third-order valence-corrected chi connectivity index (χ3v) is 5.19. The third kappa shape index (κ3) is 11.4. The molecule has 30 heavy (non-hydrogen) atoms. The highest BCUT2D eigenvalue weighted by Gasteiger charge is 2.13. The van der Waals surface area contributed by atoms with Crippen LogP contribution in [0.3, 0.4) is 0 Å². The minimum absolute atomic E-state index is 0.224. The topological polar surface area (TPSA) is 60.3 Å². The fourth-order valence-corrected chi connectivity index (χ4v) is 3.38. The van der Waals surface area contributed by atoms with Crippen molar-refractivity contribution in [1.29, 1.82) is 0 Å². The van der Waals surface area contributed by atoms with Crippen LogP contribution in [0.2, 0.25) is 0 Å². The Balaban J connectivity index is 2.59. The van der Waals surface area contributed by atoms with Crippen molar-refractivity contribution in [3.63, 3.8) is 0 Å². The Morgan fingerprint density at radius 3 is 1.93 bits per heavy atom. The number of ether oxygens (including phenoxy) is 3. The Morgan fingerprint density at radius 2 is 1.37 bits per heavy atom. The van der Waals surface area contributed by atoms with Gasteiger partial charge in [0.05, 0.1) is 19.8 Å². The summed E-state index contributed by atoms with van der Waals surface area (Å²) in [4.78, 5) is 0. The summed E-state index contributed by atoms with van der Waals surface area (Å²) in [6.07, 6.45) is 14.7. The number of nitrogens with zero attached hydrogens (tertiary/aromatic N) is 1. The quantitative estimate of drug-likeness (QED) is 0.113. The van der Waals surface area contributed by atoms with E-state index in [0.717, 1.165) is 24.2 Å². The molecule has 172 valence electrons. The monoisotopic (exact) mass is 421 g/mol. The van der Waals surface area contributed by atoms with Gasteiger partial charge in [-0.2, -0.15) is 0 Å². The lowest BCUT2D eigenvalue weighted by Crippen LogP contribution is -2.12. The third-order valence-electron chi connectivity index (χ3n) is 5.19. The minimum atomic E-state index is 0.224. The maximum absolute atomic E-state index is 9.38. The molecule has 0 saturated carbocycles. The van der Waals surface area contributed by atoms with Crippen LogP contribution in [-0.4, -0.2) is 37.8 Å². The summed E-state index contributed by atoms with van der Waals surface area (Å²) in [6, 6.07) is 5.70. The van der Waals surface area contributed by atoms with Crippen LogP contribution in [0.4, 0.5) is 0 Å². The molecule has 0 heterocycles. The van der Waals surface area contributed by atoms with Crippen LogP contribution in [-0.2, 0) is 4.74 Å². The van der Waals surface area contributed by atoms with Gasteiger partial charge in [-0.15, -0.1) is 0 Å². The summed E-state index contributed by atoms with van der Waals surface area (Å²) < 4.78 is 17.2. The van der Waals surface area contributed by atoms with Crippen molar-refractivity contribution in [3.05, 3.63) is 23.8 Å². The normalized spacial score (nSPS) is 11.6. The Hall–Kier alpha value is -1.75. The number of hydrogen-bond acceptors (Lipinski definition) is 5. The zero-order valence-corrected chi connectivity index (χ0v) is 19.5. The van der Waals surface area contributed by atoms with E-state index in [9.17, 15) is 5.21 Å². The highest BCUT2D eigenvalue weighted by molar-refractivity contribution is 6.03. The molecule has 0 aliphatic carbocycles. The van der Waals surface area contributed by atoms with Crippen molar-refractivity contribution in [3.8, 4) is 11.5 Å². The van der Waals surface area contributed by atoms with Crippen LogP contribution in [0.15, 0.2) is 23.4 Å². The summed E-state index contributed by atoms with van der Waals surface area (Å²) in [7, 11) is 1.58. The average Bonchev–Trinajstić information content (AvgIpc) is 2.76. The molecule has 0 saturated heterocycles. The van der Waals surface area contributed by atoms with Crippen molar-refractivity contribution < 1.29 is 19.4 Å². The Bertz CT molecular complexity index is 574. The lowest BCUT2D eigenvalue weighted by molar-refractivity contribution is 0.237. The van der Waals surface area contributed by atoms with Gasteiger partial charge in [0.2, 0.25) is 0 Å². The van der Waals surface area contributed by atoms with Crippen LogP contribution >= 0.6 is 0 Å². The Kier molecular flexibility index (Phi) is 15.8. The number of benzene rings is 1. The van der Waals surface area contributed by atoms with Gasteiger partial charge in [-0.1, -0.05) is 83.2 Å². The minimum Gasteiger partial charge on any atom is -0.493 e. The Labute approximate surface area is 183 Å². The van der Waals surface area contributed by atoms with E-state index in [4.69, 9.17) is 14.2 Å². The number of oxime groups is 1. The number of rotatable bonds is 19. The standard InChI is InChI=1S/C25H43NO4/c1-4-6-8-10-12-14-18-29-22-16-17-23(24(26-27)21-28-3)25(20-22)30-19-15-13-11-9-7-5-2/h16-17,20,27H,4-15,18-19,21H2,1-3H3. The maximum atomic E-state index is 9.38. The first-order valence-electron chi connectivity index (χ1n) is 11.9. The lowest BCUT2D eigenvalue weighted by Gasteiger charge is -2.15. The first kappa shape index (κ1) is 26.3. The van der Waals surface area contributed by atoms with Crippen molar-refractivity contribution in [2.45, 2.75) is 90.9 Å². The molecule has 5 nitrogen and oxygen atoms in total. The summed E-state index contributed by atoms with van der Waals surface area (Å²) in [5.41, 5.74) is 1.20. The molecule has 1 N–H and O–H groups in total. The molecule has 5 heteroatoms. The summed E-state index contributed by atoms with van der Waals surface area (Å²) in [5, 5.41) is 12.8. The van der Waals surface area contributed by atoms with Gasteiger partial charge in [-0.25, -0.2) is 0 Å². The zero-order chi connectivity index (χ0) is 21.9. The van der Waals surface area contributed by atoms with Gasteiger partial charge in [-0.05, 0) is 25.0 Å². The van der Waals surface area contributed by atoms with Gasteiger partial charge in [-0.3, -0.25) is 0 Å². The molecule has 0 atom stereocenters. The zero-order valence-electron chi connectivity index (χ0n) is 19.5. The van der Waals surface area contributed by atoms with Crippen molar-refractivity contribution in [2.75, 3.05) is 26.9 Å². The number of methoxy groups -OCH3 is 1. The molecular weight excluding hydrogens is 378 g/mol. The SMILES string of the molecule is CCCCCCCCOc1ccc(C(COC)=NO)c(OCCCCCCCC)c1. The highest BCUT2D eigenvalue weighted by Crippen LogP contribution is 2.27. The molecule has 0 spiro atoms. The first-order chi connectivity index (χ1) is 14.8. The predicted octanol–water partition coefficient (Wildman–Crippen LogP) is 6.99. The summed E-state index contributed by atoms with van der Waals surface area (Å²) >= 11 is 0. The second-order valence-electron chi connectivity index (χ2n) is 7.87. The van der Waals surface area contributed by atoms with Crippen LogP contribution in [0.5, 0.6) is 11.5 Å². The summed E-state index contributed by atoms with van der Waals surface area (Å²) in [5.74, 6) is 1.48. The van der Waals surface area contributed by atoms with E-state index < -0.39 is 0 Å². The summed E-state index contributed by atoms with van der Waals surface area (Å²) in [6.45, 7) is 6.04. The molecule has 0 radical (unpaired) electrons. The van der Waals surface area contributed by atoms with Gasteiger partial charge < -0.3 is 19.4 Å². The molecule has 0 fully saturated rings. The molecule has 0 aliphatic rings. The van der Waals surface area contributed by atoms with E-state index in [1.165, 1.54) is 64.2 Å². The fourth-order valence-electron chi connectivity index (χ4n) is 3.38. The molecular formula is C25H43NO4. The lowest BCUT2D eigenvalue weighted by atomic mass is 10.1. The van der Waals surface area contributed by atoms with Gasteiger partial charge >= 0.3 is 0 Å². The largest absolute Gasteiger partial charge is 0.493 e. The van der Waals surface area contributed by atoms with Crippen LogP contribution in [0, 0.1) is 0 Å². The molecule has 1 aromatic carbocycles. The van der Waals surface area contributed by atoms with E-state index in [2.05, 4.69) is 19.0 Å². The van der Waals surface area contributed by atoms with E-state index in [1.807, 2.05) is 18.2 Å². The second-order valence-corrected chi connectivity index (χ2v) is 7.87. The number of unbranched alkanes of at least 4 members (excludes halogenated alkanes) is 10. The van der Waals surface area contributed by atoms with Gasteiger partial charge in [0.1, 0.15) is 17.2 Å². The maximum Gasteiger partial charge on any atom is 0.132 e. The van der Waals surface area contributed by atoms with E-state index >= 15 is 0 Å². The van der Waals surface area contributed by atoms with Gasteiger partial charge in [0.25, 0.3) is 0 Å². The van der Waals surface area contributed by atoms with Gasteiger partial charge in [0.15, 0.2) is 0 Å². The molecule has 0 bridgehead atoms. The molecule has 0 unspecified atom stereocenters. The molecule has 1 aromatic rings. The van der Waals surface area contributed by atoms with Crippen LogP contribution in [0.1, 0.15) is 96.5 Å². The highest BCUT2D eigenvalue weighted by atomic mass is 16.5. The van der Waals surface area contributed by atoms with Crippen molar-refractivity contribution in [1.82, 2.24) is 0 Å². The predicted molar refractivity (Wildman–Crippen MR) is 124 cm³/mol. The average molecular weight is 422 g/mol. The van der Waals surface area contributed by atoms with Crippen molar-refractivity contribution in [2.24, 2.45) is 5.16 Å². The van der Waals surface area contributed by atoms with Crippen molar-refractivity contribution >= 4 is 5.71 Å². The molecule has 0 aromatic heterocycles. The van der Waals surface area contributed by atoms with Gasteiger partial charge in [0, 0.05) is 18.7 Å². The molecule has 1 rings (SSSR count). The van der Waals surface area contributed by atoms with Crippen LogP contribution in [0.25, 0.3) is 0 Å².